The quantitative estimate of drug-likeness (QED) is 0.216. The molecule has 44 heavy (non-hydrogen) atoms. The van der Waals surface area contributed by atoms with Crippen molar-refractivity contribution in [1.82, 2.24) is 15.2 Å². The van der Waals surface area contributed by atoms with E-state index in [1.54, 1.807) is 0 Å². The van der Waals surface area contributed by atoms with Crippen molar-refractivity contribution in [3.05, 3.63) is 162 Å². The molecule has 4 nitrogen and oxygen atoms in total. The van der Waals surface area contributed by atoms with Gasteiger partial charge in [0.05, 0.1) is 11.0 Å². The van der Waals surface area contributed by atoms with Gasteiger partial charge in [0.2, 0.25) is 0 Å². The molecular formula is C39H28N4S. The van der Waals surface area contributed by atoms with Crippen molar-refractivity contribution in [3.63, 3.8) is 0 Å². The molecule has 2 unspecified atom stereocenters. The van der Waals surface area contributed by atoms with Gasteiger partial charge >= 0.3 is 0 Å². The Morgan fingerprint density at radius 3 is 2.09 bits per heavy atom. The number of thiophene rings is 1. The number of aromatic nitrogens is 1. The summed E-state index contributed by atoms with van der Waals surface area (Å²) >= 11 is 1.89. The highest BCUT2D eigenvalue weighted by atomic mass is 32.1. The molecule has 1 aliphatic rings. The van der Waals surface area contributed by atoms with Crippen molar-refractivity contribution in [1.29, 1.82) is 0 Å². The third kappa shape index (κ3) is 4.05. The van der Waals surface area contributed by atoms with Crippen LogP contribution in [0.5, 0.6) is 0 Å². The average molecular weight is 585 g/mol. The Balaban J connectivity index is 1.14. The van der Waals surface area contributed by atoms with E-state index < -0.39 is 0 Å². The zero-order valence-corrected chi connectivity index (χ0v) is 24.6. The van der Waals surface area contributed by atoms with Crippen LogP contribution in [0.3, 0.4) is 0 Å². The van der Waals surface area contributed by atoms with E-state index in [9.17, 15) is 0 Å². The molecule has 3 heterocycles. The molecule has 0 amide bonds. The second kappa shape index (κ2) is 10.2. The molecule has 2 atom stereocenters. The maximum Gasteiger partial charge on any atom is 0.131 e. The van der Waals surface area contributed by atoms with Crippen LogP contribution in [-0.2, 0) is 0 Å². The number of amidine groups is 1. The monoisotopic (exact) mass is 584 g/mol. The Kier molecular flexibility index (Phi) is 5.86. The summed E-state index contributed by atoms with van der Waals surface area (Å²) in [4.78, 5) is 5.06. The predicted molar refractivity (Wildman–Crippen MR) is 185 cm³/mol. The molecule has 210 valence electrons. The number of nitrogens with one attached hydrogen (secondary N) is 2. The highest BCUT2D eigenvalue weighted by molar-refractivity contribution is 7.26. The standard InChI is InChI=1S/C39H28N4S/c1-3-11-25(12-4-1)37-40-38(26-13-5-2-6-14-26)42-39(41-37)27-19-21-28(22-20-27)43-32-17-9-7-16-31(32)35-33(43)24-23-30-29-15-8-10-18-34(29)44-36(30)35/h1-24,37,39,41H,(H,40,42). The smallest absolute Gasteiger partial charge is 0.131 e. The fourth-order valence-electron chi connectivity index (χ4n) is 6.61. The van der Waals surface area contributed by atoms with Crippen LogP contribution in [0.15, 0.2) is 151 Å². The molecular weight excluding hydrogens is 557 g/mol. The molecule has 0 saturated heterocycles. The van der Waals surface area contributed by atoms with Crippen molar-refractivity contribution in [2.24, 2.45) is 4.99 Å². The molecule has 0 saturated carbocycles. The van der Waals surface area contributed by atoms with E-state index in [0.717, 1.165) is 28.2 Å². The average Bonchev–Trinajstić information content (AvgIpc) is 3.65. The molecule has 5 heteroatoms. The van der Waals surface area contributed by atoms with Crippen molar-refractivity contribution >= 4 is 59.2 Å². The van der Waals surface area contributed by atoms with Crippen LogP contribution >= 0.6 is 11.3 Å². The Morgan fingerprint density at radius 1 is 0.568 bits per heavy atom. The number of hydrogen-bond donors (Lipinski definition) is 2. The minimum atomic E-state index is -0.154. The largest absolute Gasteiger partial charge is 0.350 e. The molecule has 0 spiro atoms. The Labute approximate surface area is 258 Å². The molecule has 0 radical (unpaired) electrons. The summed E-state index contributed by atoms with van der Waals surface area (Å²) in [5.74, 6) is 0.891. The normalized spacial score (nSPS) is 16.9. The van der Waals surface area contributed by atoms with E-state index in [4.69, 9.17) is 4.99 Å². The minimum absolute atomic E-state index is 0.0988. The molecule has 6 aromatic carbocycles. The van der Waals surface area contributed by atoms with Gasteiger partial charge in [0, 0.05) is 42.2 Å². The minimum Gasteiger partial charge on any atom is -0.350 e. The number of nitrogens with zero attached hydrogens (tertiary/aromatic N) is 2. The predicted octanol–water partition coefficient (Wildman–Crippen LogP) is 9.49. The first-order valence-corrected chi connectivity index (χ1v) is 15.8. The van der Waals surface area contributed by atoms with Crippen LogP contribution in [0.25, 0.3) is 47.7 Å². The van der Waals surface area contributed by atoms with Crippen LogP contribution in [0.2, 0.25) is 0 Å². The summed E-state index contributed by atoms with van der Waals surface area (Å²) in [5.41, 5.74) is 6.97. The van der Waals surface area contributed by atoms with Gasteiger partial charge in [0.25, 0.3) is 0 Å². The maximum atomic E-state index is 5.06. The zero-order valence-electron chi connectivity index (χ0n) is 23.8. The van der Waals surface area contributed by atoms with Crippen LogP contribution < -0.4 is 10.6 Å². The number of para-hydroxylation sites is 1. The van der Waals surface area contributed by atoms with Gasteiger partial charge < -0.3 is 9.88 Å². The van der Waals surface area contributed by atoms with Gasteiger partial charge in [-0.3, -0.25) is 5.32 Å². The SMILES string of the molecule is c1ccc(C2=NC(c3ccccc3)NC(c3ccc(-n4c5ccccc5c5c6sc7ccccc7c6ccc54)cc3)N2)cc1. The zero-order chi connectivity index (χ0) is 29.0. The molecule has 1 aliphatic heterocycles. The number of benzene rings is 6. The van der Waals surface area contributed by atoms with Crippen molar-refractivity contribution in [2.75, 3.05) is 0 Å². The summed E-state index contributed by atoms with van der Waals surface area (Å²) in [7, 11) is 0. The van der Waals surface area contributed by atoms with Crippen LogP contribution in [-0.4, -0.2) is 10.4 Å². The second-order valence-corrected chi connectivity index (χ2v) is 12.3. The Bertz CT molecular complexity index is 2330. The van der Waals surface area contributed by atoms with Crippen molar-refractivity contribution in [2.45, 2.75) is 12.3 Å². The summed E-state index contributed by atoms with van der Waals surface area (Å²) < 4.78 is 5.09. The molecule has 0 fully saturated rings. The first kappa shape index (κ1) is 25.3. The lowest BCUT2D eigenvalue weighted by Gasteiger charge is -2.32. The van der Waals surface area contributed by atoms with E-state index in [1.807, 2.05) is 23.5 Å². The second-order valence-electron chi connectivity index (χ2n) is 11.3. The highest BCUT2D eigenvalue weighted by Crippen LogP contribution is 2.43. The summed E-state index contributed by atoms with van der Waals surface area (Å²) in [5, 5.41) is 12.7. The molecule has 2 aromatic heterocycles. The summed E-state index contributed by atoms with van der Waals surface area (Å²) in [6, 6.07) is 51.9. The number of aliphatic imine (C=N–C) groups is 1. The number of hydrogen-bond acceptors (Lipinski definition) is 4. The molecule has 2 N–H and O–H groups in total. The van der Waals surface area contributed by atoms with E-state index >= 15 is 0 Å². The van der Waals surface area contributed by atoms with Crippen LogP contribution in [0, 0.1) is 0 Å². The molecule has 9 rings (SSSR count). The van der Waals surface area contributed by atoms with Crippen LogP contribution in [0.1, 0.15) is 29.0 Å². The Morgan fingerprint density at radius 2 is 1.27 bits per heavy atom. The van der Waals surface area contributed by atoms with Gasteiger partial charge in [-0.05, 0) is 41.5 Å². The lowest BCUT2D eigenvalue weighted by Crippen LogP contribution is -2.44. The maximum absolute atomic E-state index is 5.06. The van der Waals surface area contributed by atoms with Gasteiger partial charge in [-0.1, -0.05) is 115 Å². The number of fused-ring (bicyclic) bond motifs is 7. The third-order valence-corrected chi connectivity index (χ3v) is 9.90. The summed E-state index contributed by atoms with van der Waals surface area (Å²) in [6.45, 7) is 0. The van der Waals surface area contributed by atoms with E-state index in [0.29, 0.717) is 0 Å². The van der Waals surface area contributed by atoms with E-state index in [-0.39, 0.29) is 12.3 Å². The van der Waals surface area contributed by atoms with Crippen molar-refractivity contribution < 1.29 is 0 Å². The van der Waals surface area contributed by atoms with E-state index in [1.165, 1.54) is 42.0 Å². The first-order valence-electron chi connectivity index (χ1n) is 15.0. The third-order valence-electron chi connectivity index (χ3n) is 8.69. The molecule has 0 bridgehead atoms. The fourth-order valence-corrected chi connectivity index (χ4v) is 7.87. The van der Waals surface area contributed by atoms with Gasteiger partial charge in [-0.25, -0.2) is 4.99 Å². The van der Waals surface area contributed by atoms with Gasteiger partial charge in [-0.15, -0.1) is 11.3 Å². The first-order chi connectivity index (χ1) is 21.8. The van der Waals surface area contributed by atoms with Gasteiger partial charge in [0.1, 0.15) is 18.2 Å². The number of rotatable bonds is 4. The topological polar surface area (TPSA) is 41.4 Å². The van der Waals surface area contributed by atoms with Gasteiger partial charge in [0.15, 0.2) is 0 Å². The van der Waals surface area contributed by atoms with Crippen molar-refractivity contribution in [3.8, 4) is 5.69 Å². The Hall–Kier alpha value is -5.23. The lowest BCUT2D eigenvalue weighted by atomic mass is 10.1. The van der Waals surface area contributed by atoms with Crippen LogP contribution in [0.4, 0.5) is 0 Å². The fraction of sp³-hybridized carbons (Fsp3) is 0.0513. The molecule has 0 aliphatic carbocycles. The van der Waals surface area contributed by atoms with E-state index in [2.05, 4.69) is 149 Å². The molecule has 8 aromatic rings. The lowest BCUT2D eigenvalue weighted by molar-refractivity contribution is 0.409. The summed E-state index contributed by atoms with van der Waals surface area (Å²) in [6.07, 6.45) is -0.253. The van der Waals surface area contributed by atoms with Gasteiger partial charge in [-0.2, -0.15) is 0 Å². The highest BCUT2D eigenvalue weighted by Gasteiger charge is 2.25.